The molecule has 0 spiro atoms. The fourth-order valence-electron chi connectivity index (χ4n) is 3.46. The maximum Gasteiger partial charge on any atom is 0.160 e. The number of nitrogens with zero attached hydrogens (tertiary/aromatic N) is 5. The van der Waals surface area contributed by atoms with Crippen molar-refractivity contribution >= 4 is 28.6 Å². The first kappa shape index (κ1) is 18.7. The molecule has 0 radical (unpaired) electrons. The number of aryl methyl sites for hydroxylation is 1. The van der Waals surface area contributed by atoms with Crippen molar-refractivity contribution in [1.29, 1.82) is 0 Å². The molecular formula is C23H16ClN5S. The minimum Gasteiger partial charge on any atom is -0.276 e. The molecule has 0 N–H and O–H groups in total. The maximum absolute atomic E-state index is 6.11. The Morgan fingerprint density at radius 1 is 1.03 bits per heavy atom. The Morgan fingerprint density at radius 3 is 2.63 bits per heavy atom. The molecule has 0 amide bonds. The molecule has 0 fully saturated rings. The molecule has 0 unspecified atom stereocenters. The zero-order chi connectivity index (χ0) is 20.7. The molecule has 146 valence electrons. The zero-order valence-electron chi connectivity index (χ0n) is 16.3. The van der Waals surface area contributed by atoms with Gasteiger partial charge in [-0.1, -0.05) is 29.8 Å². The van der Waals surface area contributed by atoms with Crippen molar-refractivity contribution in [2.24, 2.45) is 4.99 Å². The number of fused-ring (bicyclic) bond motifs is 3. The van der Waals surface area contributed by atoms with Crippen LogP contribution < -0.4 is 0 Å². The average Bonchev–Trinajstić information content (AvgIpc) is 3.22. The molecule has 0 atom stereocenters. The number of benzene rings is 1. The van der Waals surface area contributed by atoms with Crippen molar-refractivity contribution in [3.8, 4) is 16.8 Å². The molecule has 5 nitrogen and oxygen atoms in total. The minimum absolute atomic E-state index is 0.467. The van der Waals surface area contributed by atoms with Crippen molar-refractivity contribution in [1.82, 2.24) is 19.7 Å². The second-order valence-corrected chi connectivity index (χ2v) is 8.31. The summed E-state index contributed by atoms with van der Waals surface area (Å²) < 4.78 is 2.09. The van der Waals surface area contributed by atoms with Crippen molar-refractivity contribution in [3.05, 3.63) is 92.6 Å². The monoisotopic (exact) mass is 429 g/mol. The van der Waals surface area contributed by atoms with E-state index in [1.807, 2.05) is 49.4 Å². The van der Waals surface area contributed by atoms with Gasteiger partial charge in [0.25, 0.3) is 0 Å². The standard InChI is InChI=1S/C23H16ClN5S/c1-14-19(11-10-18-5-3-4-12-25-18)30-23-21(14)22(16-6-8-17(24)9-7-16)26-13-20-28-27-15(2)29(20)23/h3-9,12H,13H2,1-2H3. The summed E-state index contributed by atoms with van der Waals surface area (Å²) in [5.41, 5.74) is 4.84. The van der Waals surface area contributed by atoms with E-state index in [1.54, 1.807) is 17.5 Å². The van der Waals surface area contributed by atoms with Gasteiger partial charge < -0.3 is 0 Å². The van der Waals surface area contributed by atoms with Crippen LogP contribution in [0, 0.1) is 25.7 Å². The molecule has 0 bridgehead atoms. The van der Waals surface area contributed by atoms with Crippen LogP contribution in [0.25, 0.3) is 5.00 Å². The summed E-state index contributed by atoms with van der Waals surface area (Å²) in [6.07, 6.45) is 1.75. The van der Waals surface area contributed by atoms with Crippen LogP contribution in [-0.2, 0) is 6.54 Å². The first-order chi connectivity index (χ1) is 14.6. The van der Waals surface area contributed by atoms with Gasteiger partial charge in [0.05, 0.1) is 10.6 Å². The fourth-order valence-corrected chi connectivity index (χ4v) is 4.81. The van der Waals surface area contributed by atoms with Gasteiger partial charge in [0, 0.05) is 22.3 Å². The van der Waals surface area contributed by atoms with Crippen LogP contribution in [-0.4, -0.2) is 25.5 Å². The number of hydrogen-bond donors (Lipinski definition) is 0. The highest BCUT2D eigenvalue weighted by atomic mass is 35.5. The van der Waals surface area contributed by atoms with Crippen LogP contribution in [0.3, 0.4) is 0 Å². The lowest BCUT2D eigenvalue weighted by molar-refractivity contribution is 0.869. The van der Waals surface area contributed by atoms with E-state index in [0.717, 1.165) is 49.6 Å². The second-order valence-electron chi connectivity index (χ2n) is 6.87. The highest BCUT2D eigenvalue weighted by molar-refractivity contribution is 7.15. The predicted octanol–water partition coefficient (Wildman–Crippen LogP) is 4.74. The topological polar surface area (TPSA) is 56.0 Å². The molecule has 0 aliphatic carbocycles. The Balaban J connectivity index is 1.71. The number of pyridine rings is 1. The normalized spacial score (nSPS) is 12.3. The van der Waals surface area contributed by atoms with E-state index >= 15 is 0 Å². The van der Waals surface area contributed by atoms with Crippen molar-refractivity contribution in [3.63, 3.8) is 0 Å². The van der Waals surface area contributed by atoms with Gasteiger partial charge in [-0.25, -0.2) is 4.98 Å². The van der Waals surface area contributed by atoms with E-state index in [1.165, 1.54) is 0 Å². The second kappa shape index (κ2) is 7.52. The van der Waals surface area contributed by atoms with Gasteiger partial charge in [-0.15, -0.1) is 21.5 Å². The largest absolute Gasteiger partial charge is 0.276 e. The molecule has 1 aliphatic heterocycles. The molecule has 30 heavy (non-hydrogen) atoms. The van der Waals surface area contributed by atoms with E-state index in [0.29, 0.717) is 11.6 Å². The first-order valence-electron chi connectivity index (χ1n) is 9.40. The number of aromatic nitrogens is 4. The molecule has 4 heterocycles. The summed E-state index contributed by atoms with van der Waals surface area (Å²) >= 11 is 7.74. The van der Waals surface area contributed by atoms with Crippen LogP contribution in [0.4, 0.5) is 0 Å². The van der Waals surface area contributed by atoms with Crippen LogP contribution in [0.1, 0.15) is 38.9 Å². The summed E-state index contributed by atoms with van der Waals surface area (Å²) in [5, 5.41) is 10.3. The molecule has 4 aromatic rings. The number of thiophene rings is 1. The third-order valence-electron chi connectivity index (χ3n) is 4.93. The summed E-state index contributed by atoms with van der Waals surface area (Å²) in [5.74, 6) is 8.14. The SMILES string of the molecule is Cc1c(C#Cc2ccccn2)sc2c1C(c1ccc(Cl)cc1)=NCc1nnc(C)n1-2. The van der Waals surface area contributed by atoms with Crippen molar-refractivity contribution < 1.29 is 0 Å². The van der Waals surface area contributed by atoms with E-state index < -0.39 is 0 Å². The van der Waals surface area contributed by atoms with Crippen molar-refractivity contribution in [2.75, 3.05) is 0 Å². The lowest BCUT2D eigenvalue weighted by Crippen LogP contribution is -2.07. The highest BCUT2D eigenvalue weighted by Gasteiger charge is 2.27. The van der Waals surface area contributed by atoms with E-state index in [4.69, 9.17) is 16.6 Å². The predicted molar refractivity (Wildman–Crippen MR) is 120 cm³/mol. The third kappa shape index (κ3) is 3.22. The van der Waals surface area contributed by atoms with Gasteiger partial charge in [-0.2, -0.15) is 0 Å². The Labute approximate surface area is 183 Å². The number of hydrogen-bond acceptors (Lipinski definition) is 5. The van der Waals surface area contributed by atoms with Gasteiger partial charge in [0.15, 0.2) is 5.82 Å². The minimum atomic E-state index is 0.467. The average molecular weight is 430 g/mol. The Hall–Kier alpha value is -3.27. The quantitative estimate of drug-likeness (QED) is 0.410. The Morgan fingerprint density at radius 2 is 1.87 bits per heavy atom. The van der Waals surface area contributed by atoms with Crippen LogP contribution in [0.5, 0.6) is 0 Å². The van der Waals surface area contributed by atoms with Gasteiger partial charge in [-0.05, 0) is 55.5 Å². The summed E-state index contributed by atoms with van der Waals surface area (Å²) in [6.45, 7) is 4.52. The molecule has 3 aromatic heterocycles. The Kier molecular flexibility index (Phi) is 4.70. The molecule has 1 aliphatic rings. The highest BCUT2D eigenvalue weighted by Crippen LogP contribution is 2.36. The molecule has 7 heteroatoms. The molecule has 0 saturated heterocycles. The van der Waals surface area contributed by atoms with Crippen molar-refractivity contribution in [2.45, 2.75) is 20.4 Å². The van der Waals surface area contributed by atoms with E-state index in [9.17, 15) is 0 Å². The number of halogens is 1. The number of aliphatic imine (C=N–C) groups is 1. The van der Waals surface area contributed by atoms with Crippen LogP contribution >= 0.6 is 22.9 Å². The third-order valence-corrected chi connectivity index (χ3v) is 6.37. The summed E-state index contributed by atoms with van der Waals surface area (Å²) in [4.78, 5) is 10.2. The zero-order valence-corrected chi connectivity index (χ0v) is 17.9. The summed E-state index contributed by atoms with van der Waals surface area (Å²) in [6, 6.07) is 13.5. The molecule has 5 rings (SSSR count). The van der Waals surface area contributed by atoms with Crippen LogP contribution in [0.2, 0.25) is 5.02 Å². The fraction of sp³-hybridized carbons (Fsp3) is 0.130. The lowest BCUT2D eigenvalue weighted by Gasteiger charge is -2.09. The molecule has 1 aromatic carbocycles. The van der Waals surface area contributed by atoms with Gasteiger partial charge in [0.2, 0.25) is 0 Å². The molecule has 0 saturated carbocycles. The van der Waals surface area contributed by atoms with Crippen LogP contribution in [0.15, 0.2) is 53.7 Å². The van der Waals surface area contributed by atoms with Gasteiger partial charge in [0.1, 0.15) is 23.1 Å². The maximum atomic E-state index is 6.11. The first-order valence-corrected chi connectivity index (χ1v) is 10.6. The van der Waals surface area contributed by atoms with Gasteiger partial charge >= 0.3 is 0 Å². The van der Waals surface area contributed by atoms with E-state index in [2.05, 4.69) is 38.5 Å². The Bertz CT molecular complexity index is 1340. The lowest BCUT2D eigenvalue weighted by atomic mass is 10.00. The van der Waals surface area contributed by atoms with E-state index in [-0.39, 0.29) is 0 Å². The molecular weight excluding hydrogens is 414 g/mol. The smallest absolute Gasteiger partial charge is 0.160 e. The number of rotatable bonds is 1. The van der Waals surface area contributed by atoms with Gasteiger partial charge in [-0.3, -0.25) is 9.56 Å². The summed E-state index contributed by atoms with van der Waals surface area (Å²) in [7, 11) is 0.